The first-order chi connectivity index (χ1) is 10.1. The Hall–Kier alpha value is -1.62. The van der Waals surface area contributed by atoms with Gasteiger partial charge in [-0.05, 0) is 43.4 Å². The van der Waals surface area contributed by atoms with Crippen molar-refractivity contribution in [1.29, 1.82) is 0 Å². The van der Waals surface area contributed by atoms with Gasteiger partial charge in [-0.3, -0.25) is 4.79 Å². The van der Waals surface area contributed by atoms with Gasteiger partial charge in [-0.15, -0.1) is 0 Å². The SMILES string of the molecule is Cc1ccc2snc(N(CC(N)=O)C3CCCCC3)c2c1. The molecule has 1 fully saturated rings. The summed E-state index contributed by atoms with van der Waals surface area (Å²) in [5.41, 5.74) is 6.69. The number of fused-ring (bicyclic) bond motifs is 1. The van der Waals surface area contributed by atoms with E-state index in [1.54, 1.807) is 0 Å². The standard InChI is InChI=1S/C16H21N3OS/c1-11-7-8-14-13(9-11)16(18-21-14)19(10-15(17)20)12-5-3-2-4-6-12/h7-9,12H,2-6,10H2,1H3,(H2,17,20). The number of hydrogen-bond donors (Lipinski definition) is 1. The van der Waals surface area contributed by atoms with Crippen molar-refractivity contribution in [2.24, 2.45) is 5.73 Å². The zero-order valence-electron chi connectivity index (χ0n) is 12.3. The zero-order chi connectivity index (χ0) is 14.8. The molecule has 0 atom stereocenters. The van der Waals surface area contributed by atoms with Crippen molar-refractivity contribution in [3.63, 3.8) is 0 Å². The van der Waals surface area contributed by atoms with Crippen molar-refractivity contribution < 1.29 is 4.79 Å². The molecule has 1 aliphatic carbocycles. The molecule has 1 saturated carbocycles. The number of rotatable bonds is 4. The molecule has 0 saturated heterocycles. The van der Waals surface area contributed by atoms with Crippen LogP contribution < -0.4 is 10.6 Å². The molecule has 0 bridgehead atoms. The van der Waals surface area contributed by atoms with E-state index < -0.39 is 0 Å². The van der Waals surface area contributed by atoms with E-state index in [1.807, 2.05) is 0 Å². The van der Waals surface area contributed by atoms with Gasteiger partial charge in [-0.25, -0.2) is 0 Å². The van der Waals surface area contributed by atoms with E-state index in [2.05, 4.69) is 34.4 Å². The van der Waals surface area contributed by atoms with Crippen LogP contribution in [0.2, 0.25) is 0 Å². The lowest BCUT2D eigenvalue weighted by atomic mass is 9.94. The number of nitrogens with zero attached hydrogens (tertiary/aromatic N) is 2. The quantitative estimate of drug-likeness (QED) is 0.943. The number of amides is 1. The summed E-state index contributed by atoms with van der Waals surface area (Å²) < 4.78 is 5.79. The predicted octanol–water partition coefficient (Wildman–Crippen LogP) is 3.23. The Balaban J connectivity index is 2.00. The first-order valence-corrected chi connectivity index (χ1v) is 8.33. The van der Waals surface area contributed by atoms with Crippen molar-refractivity contribution in [3.8, 4) is 0 Å². The number of anilines is 1. The zero-order valence-corrected chi connectivity index (χ0v) is 13.2. The highest BCUT2D eigenvalue weighted by molar-refractivity contribution is 7.13. The minimum Gasteiger partial charge on any atom is -0.368 e. The maximum absolute atomic E-state index is 11.5. The third kappa shape index (κ3) is 3.02. The van der Waals surface area contributed by atoms with Crippen molar-refractivity contribution >= 4 is 33.3 Å². The van der Waals surface area contributed by atoms with Gasteiger partial charge in [0.25, 0.3) is 0 Å². The summed E-state index contributed by atoms with van der Waals surface area (Å²) in [4.78, 5) is 13.6. The van der Waals surface area contributed by atoms with Gasteiger partial charge >= 0.3 is 0 Å². The maximum Gasteiger partial charge on any atom is 0.237 e. The Bertz CT molecular complexity index is 646. The van der Waals surface area contributed by atoms with E-state index in [-0.39, 0.29) is 12.5 Å². The van der Waals surface area contributed by atoms with E-state index in [9.17, 15) is 4.79 Å². The first kappa shape index (κ1) is 14.3. The third-order valence-electron chi connectivity index (χ3n) is 4.22. The summed E-state index contributed by atoms with van der Waals surface area (Å²) in [6.45, 7) is 2.34. The number of carbonyl (C=O) groups excluding carboxylic acids is 1. The topological polar surface area (TPSA) is 59.2 Å². The Morgan fingerprint density at radius 1 is 1.38 bits per heavy atom. The number of aromatic nitrogens is 1. The van der Waals surface area contributed by atoms with Crippen LogP contribution in [0.5, 0.6) is 0 Å². The average Bonchev–Trinajstić information content (AvgIpc) is 2.88. The van der Waals surface area contributed by atoms with Crippen molar-refractivity contribution in [1.82, 2.24) is 4.37 Å². The average molecular weight is 303 g/mol. The molecule has 0 aliphatic heterocycles. The molecule has 1 heterocycles. The van der Waals surface area contributed by atoms with Crippen LogP contribution in [-0.2, 0) is 4.79 Å². The molecule has 3 rings (SSSR count). The van der Waals surface area contributed by atoms with E-state index in [4.69, 9.17) is 5.73 Å². The molecule has 1 aromatic carbocycles. The van der Waals surface area contributed by atoms with E-state index in [0.29, 0.717) is 6.04 Å². The molecule has 4 nitrogen and oxygen atoms in total. The normalized spacial score (nSPS) is 16.2. The van der Waals surface area contributed by atoms with Crippen LogP contribution in [0, 0.1) is 6.92 Å². The number of nitrogens with two attached hydrogens (primary N) is 1. The lowest BCUT2D eigenvalue weighted by Crippen LogP contribution is -2.42. The van der Waals surface area contributed by atoms with Gasteiger partial charge in [0.1, 0.15) is 0 Å². The monoisotopic (exact) mass is 303 g/mol. The second-order valence-corrected chi connectivity index (χ2v) is 6.70. The van der Waals surface area contributed by atoms with Crippen molar-refractivity contribution in [2.45, 2.75) is 45.1 Å². The van der Waals surface area contributed by atoms with Crippen molar-refractivity contribution in [3.05, 3.63) is 23.8 Å². The molecule has 1 aromatic heterocycles. The van der Waals surface area contributed by atoms with Crippen molar-refractivity contribution in [2.75, 3.05) is 11.4 Å². The van der Waals surface area contributed by atoms with Gasteiger partial charge < -0.3 is 10.6 Å². The van der Waals surface area contributed by atoms with Crippen LogP contribution >= 0.6 is 11.5 Å². The number of hydrogen-bond acceptors (Lipinski definition) is 4. The third-order valence-corrected chi connectivity index (χ3v) is 5.04. The molecule has 0 spiro atoms. The summed E-state index contributed by atoms with van der Waals surface area (Å²) >= 11 is 1.50. The molecule has 1 aliphatic rings. The lowest BCUT2D eigenvalue weighted by Gasteiger charge is -2.34. The fourth-order valence-corrected chi connectivity index (χ4v) is 3.95. The highest BCUT2D eigenvalue weighted by Crippen LogP contribution is 2.34. The fourth-order valence-electron chi connectivity index (χ4n) is 3.18. The van der Waals surface area contributed by atoms with Crippen LogP contribution in [0.3, 0.4) is 0 Å². The van der Waals surface area contributed by atoms with Crippen LogP contribution in [-0.4, -0.2) is 22.9 Å². The first-order valence-electron chi connectivity index (χ1n) is 7.56. The molecule has 1 amide bonds. The lowest BCUT2D eigenvalue weighted by molar-refractivity contribution is -0.116. The largest absolute Gasteiger partial charge is 0.368 e. The second kappa shape index (κ2) is 6.02. The van der Waals surface area contributed by atoms with E-state index in [1.165, 1.54) is 41.1 Å². The number of carbonyl (C=O) groups is 1. The Kier molecular flexibility index (Phi) is 4.10. The molecule has 21 heavy (non-hydrogen) atoms. The van der Waals surface area contributed by atoms with Crippen LogP contribution in [0.1, 0.15) is 37.7 Å². The van der Waals surface area contributed by atoms with E-state index in [0.717, 1.165) is 24.0 Å². The summed E-state index contributed by atoms with van der Waals surface area (Å²) in [5.74, 6) is 0.652. The minimum atomic E-state index is -0.283. The molecule has 0 radical (unpaired) electrons. The Morgan fingerprint density at radius 2 is 2.14 bits per heavy atom. The van der Waals surface area contributed by atoms with Gasteiger partial charge in [0.05, 0.1) is 11.2 Å². The maximum atomic E-state index is 11.5. The molecule has 2 aromatic rings. The second-order valence-electron chi connectivity index (χ2n) is 5.89. The number of benzene rings is 1. The predicted molar refractivity (Wildman–Crippen MR) is 87.8 cm³/mol. The molecule has 5 heteroatoms. The van der Waals surface area contributed by atoms with Crippen LogP contribution in [0.4, 0.5) is 5.82 Å². The van der Waals surface area contributed by atoms with Gasteiger partial charge in [-0.2, -0.15) is 4.37 Å². The van der Waals surface area contributed by atoms with E-state index >= 15 is 0 Å². The van der Waals surface area contributed by atoms with Crippen LogP contribution in [0.15, 0.2) is 18.2 Å². The minimum absolute atomic E-state index is 0.261. The highest BCUT2D eigenvalue weighted by atomic mass is 32.1. The molecular formula is C16H21N3OS. The Labute approximate surface area is 129 Å². The molecule has 112 valence electrons. The summed E-state index contributed by atoms with van der Waals surface area (Å²) in [6.07, 6.45) is 5.98. The number of primary amides is 1. The van der Waals surface area contributed by atoms with Gasteiger partial charge in [0, 0.05) is 11.4 Å². The number of aryl methyl sites for hydroxylation is 1. The van der Waals surface area contributed by atoms with Gasteiger partial charge in [0.15, 0.2) is 5.82 Å². The summed E-state index contributed by atoms with van der Waals surface area (Å²) in [5, 5.41) is 1.15. The van der Waals surface area contributed by atoms with Gasteiger partial charge in [0.2, 0.25) is 5.91 Å². The molecule has 2 N–H and O–H groups in total. The molecule has 0 unspecified atom stereocenters. The smallest absolute Gasteiger partial charge is 0.237 e. The summed E-state index contributed by atoms with van der Waals surface area (Å²) in [7, 11) is 0. The highest BCUT2D eigenvalue weighted by Gasteiger charge is 2.25. The Morgan fingerprint density at radius 3 is 2.86 bits per heavy atom. The summed E-state index contributed by atoms with van der Waals surface area (Å²) in [6, 6.07) is 6.75. The fraction of sp³-hybridized carbons (Fsp3) is 0.500. The van der Waals surface area contributed by atoms with Crippen LogP contribution in [0.25, 0.3) is 10.1 Å². The van der Waals surface area contributed by atoms with Gasteiger partial charge in [-0.1, -0.05) is 30.9 Å². The molecular weight excluding hydrogens is 282 g/mol.